The second kappa shape index (κ2) is 7.51. The lowest BCUT2D eigenvalue weighted by atomic mass is 10.1. The first-order valence-corrected chi connectivity index (χ1v) is 10.6. The van der Waals surface area contributed by atoms with Crippen LogP contribution in [0.3, 0.4) is 0 Å². The van der Waals surface area contributed by atoms with Gasteiger partial charge in [-0.15, -0.1) is 11.3 Å². The van der Waals surface area contributed by atoms with Gasteiger partial charge in [0, 0.05) is 4.88 Å². The van der Waals surface area contributed by atoms with Crippen LogP contribution >= 0.6 is 11.3 Å². The summed E-state index contributed by atoms with van der Waals surface area (Å²) < 4.78 is 16.6. The predicted molar refractivity (Wildman–Crippen MR) is 109 cm³/mol. The summed E-state index contributed by atoms with van der Waals surface area (Å²) in [5.74, 6) is 1.51. The zero-order chi connectivity index (χ0) is 19.8. The molecule has 0 unspecified atom stereocenters. The van der Waals surface area contributed by atoms with Gasteiger partial charge in [-0.2, -0.15) is 0 Å². The Morgan fingerprint density at radius 1 is 1.17 bits per heavy atom. The Hall–Kier alpha value is -2.87. The van der Waals surface area contributed by atoms with Crippen LogP contribution in [0.15, 0.2) is 24.3 Å². The maximum atomic E-state index is 12.4. The van der Waals surface area contributed by atoms with Gasteiger partial charge in [-0.05, 0) is 43.4 Å². The van der Waals surface area contributed by atoms with Gasteiger partial charge in [0.1, 0.15) is 17.3 Å². The van der Waals surface area contributed by atoms with Crippen molar-refractivity contribution in [3.8, 4) is 11.5 Å². The number of para-hydroxylation sites is 2. The van der Waals surface area contributed by atoms with E-state index in [4.69, 9.17) is 19.9 Å². The van der Waals surface area contributed by atoms with E-state index >= 15 is 0 Å². The van der Waals surface area contributed by atoms with Crippen molar-refractivity contribution in [3.05, 3.63) is 40.5 Å². The number of thiophene rings is 1. The van der Waals surface area contributed by atoms with Crippen LogP contribution in [-0.2, 0) is 29.0 Å². The van der Waals surface area contributed by atoms with Gasteiger partial charge >= 0.3 is 5.97 Å². The van der Waals surface area contributed by atoms with Gasteiger partial charge < -0.3 is 19.9 Å². The summed E-state index contributed by atoms with van der Waals surface area (Å²) in [7, 11) is 0. The van der Waals surface area contributed by atoms with Gasteiger partial charge in [-0.25, -0.2) is 14.8 Å². The molecule has 0 bridgehead atoms. The monoisotopic (exact) mass is 411 g/mol. The average Bonchev–Trinajstić information content (AvgIpc) is 2.93. The number of esters is 1. The van der Waals surface area contributed by atoms with Gasteiger partial charge in [0.05, 0.1) is 5.39 Å². The molecule has 5 rings (SSSR count). The number of nitrogens with zero attached hydrogens (tertiary/aromatic N) is 2. The maximum Gasteiger partial charge on any atom is 0.351 e. The van der Waals surface area contributed by atoms with Crippen molar-refractivity contribution in [1.29, 1.82) is 0 Å². The van der Waals surface area contributed by atoms with Crippen molar-refractivity contribution in [2.75, 3.05) is 12.3 Å². The molecule has 1 aliphatic carbocycles. The van der Waals surface area contributed by atoms with Crippen molar-refractivity contribution in [2.45, 2.75) is 44.8 Å². The van der Waals surface area contributed by atoms with Crippen molar-refractivity contribution in [3.63, 3.8) is 0 Å². The van der Waals surface area contributed by atoms with Crippen LogP contribution < -0.4 is 15.2 Å². The summed E-state index contributed by atoms with van der Waals surface area (Å²) in [5, 5.41) is 0.975. The number of fused-ring (bicyclic) bond motifs is 4. The number of nitrogen functional groups attached to an aromatic ring is 1. The number of benzene rings is 1. The van der Waals surface area contributed by atoms with Gasteiger partial charge in [-0.3, -0.25) is 0 Å². The lowest BCUT2D eigenvalue weighted by molar-refractivity contribution is -0.156. The van der Waals surface area contributed by atoms with Crippen molar-refractivity contribution in [1.82, 2.24) is 9.97 Å². The van der Waals surface area contributed by atoms with Crippen molar-refractivity contribution in [2.24, 2.45) is 0 Å². The molecule has 1 aliphatic heterocycles. The van der Waals surface area contributed by atoms with Crippen LogP contribution in [0.2, 0.25) is 0 Å². The summed E-state index contributed by atoms with van der Waals surface area (Å²) in [6.07, 6.45) is 4.89. The molecule has 0 fully saturated rings. The molecule has 2 aromatic heterocycles. The standard InChI is InChI=1S/C21H21N3O4S/c22-19-18-12-6-2-1-3-9-16(12)29-20(18)24-17(23-19)11-27-21(25)15-10-26-13-7-4-5-8-14(13)28-15/h4-5,7-8,15H,1-3,6,9-11H2,(H2,22,23,24)/t15-/m0/s1. The number of carbonyl (C=O) groups excluding carboxylic acids is 1. The summed E-state index contributed by atoms with van der Waals surface area (Å²) in [6, 6.07) is 7.23. The highest BCUT2D eigenvalue weighted by atomic mass is 32.1. The second-order valence-corrected chi connectivity index (χ2v) is 8.33. The molecule has 1 atom stereocenters. The molecule has 0 spiro atoms. The molecule has 7 nitrogen and oxygen atoms in total. The van der Waals surface area contributed by atoms with Crippen LogP contribution in [0.5, 0.6) is 11.5 Å². The largest absolute Gasteiger partial charge is 0.485 e. The van der Waals surface area contributed by atoms with Crippen LogP contribution in [0.25, 0.3) is 10.2 Å². The fourth-order valence-electron chi connectivity index (χ4n) is 3.84. The molecule has 3 aromatic rings. The first-order valence-electron chi connectivity index (χ1n) is 9.81. The van der Waals surface area contributed by atoms with Gasteiger partial charge in [0.25, 0.3) is 0 Å². The van der Waals surface area contributed by atoms with Crippen molar-refractivity contribution < 1.29 is 19.0 Å². The van der Waals surface area contributed by atoms with E-state index in [1.807, 2.05) is 12.1 Å². The smallest absolute Gasteiger partial charge is 0.351 e. The molecule has 0 saturated carbocycles. The number of hydrogen-bond donors (Lipinski definition) is 1. The minimum atomic E-state index is -0.816. The number of rotatable bonds is 3. The summed E-state index contributed by atoms with van der Waals surface area (Å²) in [5.41, 5.74) is 7.55. The minimum absolute atomic E-state index is 0.0525. The Kier molecular flexibility index (Phi) is 4.71. The van der Waals surface area contributed by atoms with E-state index < -0.39 is 12.1 Å². The Labute approximate surface area is 171 Å². The molecule has 0 radical (unpaired) electrons. The predicted octanol–water partition coefficient (Wildman–Crippen LogP) is 3.43. The summed E-state index contributed by atoms with van der Waals surface area (Å²) in [4.78, 5) is 23.6. The SMILES string of the molecule is Nc1nc(COC(=O)[C@@H]2COc3ccccc3O2)nc2sc3c(c12)CCCCC3. The molecule has 0 saturated heterocycles. The lowest BCUT2D eigenvalue weighted by Gasteiger charge is -2.24. The van der Waals surface area contributed by atoms with Gasteiger partial charge in [0.15, 0.2) is 23.9 Å². The Morgan fingerprint density at radius 3 is 2.90 bits per heavy atom. The van der Waals surface area contributed by atoms with E-state index in [1.165, 1.54) is 29.7 Å². The van der Waals surface area contributed by atoms with Crippen LogP contribution in [0.4, 0.5) is 5.82 Å². The number of ether oxygens (including phenoxy) is 3. The third-order valence-electron chi connectivity index (χ3n) is 5.25. The number of anilines is 1. The highest BCUT2D eigenvalue weighted by Gasteiger charge is 2.29. The second-order valence-electron chi connectivity index (χ2n) is 7.24. The van der Waals surface area contributed by atoms with E-state index in [-0.39, 0.29) is 13.2 Å². The molecule has 1 aromatic carbocycles. The Morgan fingerprint density at radius 2 is 2.00 bits per heavy atom. The number of aryl methyl sites for hydroxylation is 2. The summed E-state index contributed by atoms with van der Waals surface area (Å²) in [6.45, 7) is 0.0541. The number of aromatic nitrogens is 2. The molecule has 8 heteroatoms. The zero-order valence-electron chi connectivity index (χ0n) is 15.8. The minimum Gasteiger partial charge on any atom is -0.485 e. The van der Waals surface area contributed by atoms with E-state index in [9.17, 15) is 4.79 Å². The molecule has 3 heterocycles. The zero-order valence-corrected chi connectivity index (χ0v) is 16.7. The van der Waals surface area contributed by atoms with Crippen LogP contribution in [0.1, 0.15) is 35.5 Å². The van der Waals surface area contributed by atoms with E-state index in [2.05, 4.69) is 9.97 Å². The first kappa shape index (κ1) is 18.2. The summed E-state index contributed by atoms with van der Waals surface area (Å²) >= 11 is 1.68. The topological polar surface area (TPSA) is 96.6 Å². The lowest BCUT2D eigenvalue weighted by Crippen LogP contribution is -2.37. The van der Waals surface area contributed by atoms with E-state index in [0.29, 0.717) is 23.1 Å². The average molecular weight is 411 g/mol. The third kappa shape index (κ3) is 3.48. The molecule has 2 aliphatic rings. The molecular weight excluding hydrogens is 390 g/mol. The van der Waals surface area contributed by atoms with E-state index in [0.717, 1.165) is 23.1 Å². The van der Waals surface area contributed by atoms with E-state index in [1.54, 1.807) is 23.5 Å². The fourth-order valence-corrected chi connectivity index (χ4v) is 5.13. The highest BCUT2D eigenvalue weighted by molar-refractivity contribution is 7.19. The molecular formula is C21H21N3O4S. The van der Waals surface area contributed by atoms with Crippen LogP contribution in [-0.4, -0.2) is 28.6 Å². The Balaban J connectivity index is 1.30. The number of hydrogen-bond acceptors (Lipinski definition) is 8. The molecule has 150 valence electrons. The molecule has 29 heavy (non-hydrogen) atoms. The van der Waals surface area contributed by atoms with Gasteiger partial charge in [0.2, 0.25) is 6.10 Å². The van der Waals surface area contributed by atoms with Gasteiger partial charge in [-0.1, -0.05) is 18.6 Å². The van der Waals surface area contributed by atoms with Crippen molar-refractivity contribution >= 4 is 33.3 Å². The Bertz CT molecular complexity index is 1080. The third-order valence-corrected chi connectivity index (χ3v) is 6.44. The molecule has 2 N–H and O–H groups in total. The maximum absolute atomic E-state index is 12.4. The highest BCUT2D eigenvalue weighted by Crippen LogP contribution is 2.37. The quantitative estimate of drug-likeness (QED) is 0.521. The number of carbonyl (C=O) groups is 1. The molecule has 0 amide bonds. The fraction of sp³-hybridized carbons (Fsp3) is 0.381. The first-order chi connectivity index (χ1) is 14.2. The normalized spacial score (nSPS) is 18.1. The van der Waals surface area contributed by atoms with Crippen LogP contribution in [0, 0.1) is 0 Å². The number of nitrogens with two attached hydrogens (primary N) is 1.